The van der Waals surface area contributed by atoms with Crippen LogP contribution < -0.4 is 9.47 Å². The average Bonchev–Trinajstić information content (AvgIpc) is 2.63. The highest BCUT2D eigenvalue weighted by atomic mass is 16.5. The molecule has 0 spiro atoms. The first-order valence-electron chi connectivity index (χ1n) is 9.02. The molecule has 2 rings (SSSR count). The first-order valence-corrected chi connectivity index (χ1v) is 9.02. The molecule has 0 amide bonds. The molecule has 0 aliphatic rings. The molecule has 0 radical (unpaired) electrons. The van der Waals surface area contributed by atoms with E-state index in [0.29, 0.717) is 30.4 Å². The Morgan fingerprint density at radius 3 is 2.64 bits per heavy atom. The van der Waals surface area contributed by atoms with Crippen molar-refractivity contribution in [2.45, 2.75) is 46.5 Å². The van der Waals surface area contributed by atoms with Crippen LogP contribution in [0, 0.1) is 5.92 Å². The van der Waals surface area contributed by atoms with Crippen molar-refractivity contribution in [2.75, 3.05) is 6.61 Å². The molecule has 0 aliphatic heterocycles. The zero-order chi connectivity index (χ0) is 18.1. The van der Waals surface area contributed by atoms with Crippen LogP contribution in [0.25, 0.3) is 11.1 Å². The highest BCUT2D eigenvalue weighted by Crippen LogP contribution is 2.36. The Morgan fingerprint density at radius 1 is 1.12 bits per heavy atom. The van der Waals surface area contributed by atoms with Gasteiger partial charge in [-0.15, -0.1) is 0 Å². The van der Waals surface area contributed by atoms with Crippen LogP contribution in [0.2, 0.25) is 0 Å². The zero-order valence-corrected chi connectivity index (χ0v) is 15.3. The van der Waals surface area contributed by atoms with Gasteiger partial charge in [0.1, 0.15) is 11.5 Å². The second kappa shape index (κ2) is 9.82. The molecule has 1 aromatic carbocycles. The summed E-state index contributed by atoms with van der Waals surface area (Å²) >= 11 is 0. The molecule has 25 heavy (non-hydrogen) atoms. The zero-order valence-electron chi connectivity index (χ0n) is 15.3. The Kier molecular flexibility index (Phi) is 7.45. The summed E-state index contributed by atoms with van der Waals surface area (Å²) in [5.41, 5.74) is 1.73. The molecule has 4 nitrogen and oxygen atoms in total. The van der Waals surface area contributed by atoms with Crippen LogP contribution in [0.4, 0.5) is 0 Å². The second-order valence-electron chi connectivity index (χ2n) is 6.26. The van der Waals surface area contributed by atoms with Crippen molar-refractivity contribution in [2.24, 2.45) is 5.92 Å². The van der Waals surface area contributed by atoms with E-state index in [1.165, 1.54) is 0 Å². The van der Waals surface area contributed by atoms with Gasteiger partial charge in [0.25, 0.3) is 0 Å². The first kappa shape index (κ1) is 19.0. The van der Waals surface area contributed by atoms with Crippen LogP contribution in [-0.2, 0) is 4.79 Å². The van der Waals surface area contributed by atoms with Gasteiger partial charge >= 0.3 is 5.97 Å². The van der Waals surface area contributed by atoms with Crippen molar-refractivity contribution in [3.05, 3.63) is 42.7 Å². The normalized spacial score (nSPS) is 11.8. The van der Waals surface area contributed by atoms with E-state index in [2.05, 4.69) is 25.8 Å². The predicted molar refractivity (Wildman–Crippen MR) is 99.8 cm³/mol. The maximum Gasteiger partial charge on any atom is 0.311 e. The number of pyridine rings is 1. The second-order valence-corrected chi connectivity index (χ2v) is 6.26. The Morgan fingerprint density at radius 2 is 1.88 bits per heavy atom. The van der Waals surface area contributed by atoms with Gasteiger partial charge in [-0.3, -0.25) is 9.78 Å². The summed E-state index contributed by atoms with van der Waals surface area (Å²) in [7, 11) is 0. The minimum Gasteiger partial charge on any atom is -0.491 e. The van der Waals surface area contributed by atoms with Crippen molar-refractivity contribution in [1.82, 2.24) is 4.98 Å². The minimum atomic E-state index is -0.204. The summed E-state index contributed by atoms with van der Waals surface area (Å²) in [6.45, 7) is 6.89. The SMILES string of the molecule is CCCCOc1cnccc1-c1ccccc1OC(=O)CC(C)CC. The number of rotatable bonds is 9. The van der Waals surface area contributed by atoms with E-state index >= 15 is 0 Å². The average molecular weight is 341 g/mol. The van der Waals surface area contributed by atoms with E-state index in [1.54, 1.807) is 12.4 Å². The molecule has 0 fully saturated rings. The molecule has 4 heteroatoms. The molecule has 0 bridgehead atoms. The lowest BCUT2D eigenvalue weighted by Gasteiger charge is -2.15. The molecule has 0 aliphatic carbocycles. The molecule has 1 aromatic heterocycles. The lowest BCUT2D eigenvalue weighted by molar-refractivity contribution is -0.135. The number of hydrogen-bond acceptors (Lipinski definition) is 4. The third kappa shape index (κ3) is 5.59. The van der Waals surface area contributed by atoms with Crippen LogP contribution in [-0.4, -0.2) is 17.6 Å². The smallest absolute Gasteiger partial charge is 0.311 e. The van der Waals surface area contributed by atoms with Crippen LogP contribution >= 0.6 is 0 Å². The molecule has 1 atom stereocenters. The van der Waals surface area contributed by atoms with Crippen LogP contribution in [0.1, 0.15) is 46.5 Å². The predicted octanol–water partition coefficient (Wildman–Crippen LogP) is 5.27. The summed E-state index contributed by atoms with van der Waals surface area (Å²) in [5.74, 6) is 1.38. The highest BCUT2D eigenvalue weighted by Gasteiger charge is 2.15. The quantitative estimate of drug-likeness (QED) is 0.354. The standard InChI is InChI=1S/C21H27NO3/c1-4-6-13-24-20-15-22-12-11-18(20)17-9-7-8-10-19(17)25-21(23)14-16(3)5-2/h7-12,15-16H,4-6,13-14H2,1-3H3. The van der Waals surface area contributed by atoms with E-state index in [-0.39, 0.29) is 5.97 Å². The van der Waals surface area contributed by atoms with Gasteiger partial charge in [-0.25, -0.2) is 0 Å². The molecule has 1 unspecified atom stereocenters. The van der Waals surface area contributed by atoms with Crippen LogP contribution in [0.3, 0.4) is 0 Å². The Labute approximate surface area is 150 Å². The maximum absolute atomic E-state index is 12.2. The van der Waals surface area contributed by atoms with Gasteiger partial charge in [-0.2, -0.15) is 0 Å². The lowest BCUT2D eigenvalue weighted by Crippen LogP contribution is -2.12. The summed E-state index contributed by atoms with van der Waals surface area (Å²) < 4.78 is 11.5. The topological polar surface area (TPSA) is 48.4 Å². The number of nitrogens with zero attached hydrogens (tertiary/aromatic N) is 1. The number of carbonyl (C=O) groups excluding carboxylic acids is 1. The molecular formula is C21H27NO3. The van der Waals surface area contributed by atoms with Gasteiger partial charge in [0.2, 0.25) is 0 Å². The number of ether oxygens (including phenoxy) is 2. The van der Waals surface area contributed by atoms with Crippen molar-refractivity contribution in [1.29, 1.82) is 0 Å². The summed E-state index contributed by atoms with van der Waals surface area (Å²) in [5, 5.41) is 0. The third-order valence-electron chi connectivity index (χ3n) is 4.15. The lowest BCUT2D eigenvalue weighted by atomic mass is 10.0. The minimum absolute atomic E-state index is 0.204. The van der Waals surface area contributed by atoms with Gasteiger partial charge in [-0.1, -0.05) is 51.8 Å². The summed E-state index contributed by atoms with van der Waals surface area (Å²) in [6.07, 6.45) is 6.86. The number of esters is 1. The molecule has 134 valence electrons. The number of hydrogen-bond donors (Lipinski definition) is 0. The number of unbranched alkanes of at least 4 members (excludes halogenated alkanes) is 1. The number of carbonyl (C=O) groups is 1. The molecule has 0 saturated carbocycles. The van der Waals surface area contributed by atoms with Gasteiger partial charge in [0.15, 0.2) is 0 Å². The van der Waals surface area contributed by atoms with Gasteiger partial charge in [0, 0.05) is 23.7 Å². The Bertz CT molecular complexity index is 684. The molecule has 0 N–H and O–H groups in total. The maximum atomic E-state index is 12.2. The van der Waals surface area contributed by atoms with Gasteiger partial charge < -0.3 is 9.47 Å². The fourth-order valence-corrected chi connectivity index (χ4v) is 2.42. The van der Waals surface area contributed by atoms with E-state index < -0.39 is 0 Å². The van der Waals surface area contributed by atoms with Crippen LogP contribution in [0.15, 0.2) is 42.7 Å². The van der Waals surface area contributed by atoms with Crippen molar-refractivity contribution in [3.63, 3.8) is 0 Å². The summed E-state index contributed by atoms with van der Waals surface area (Å²) in [6, 6.07) is 9.45. The van der Waals surface area contributed by atoms with Crippen LogP contribution in [0.5, 0.6) is 11.5 Å². The largest absolute Gasteiger partial charge is 0.491 e. The number of para-hydroxylation sites is 1. The van der Waals surface area contributed by atoms with Gasteiger partial charge in [-0.05, 0) is 24.5 Å². The van der Waals surface area contributed by atoms with Crippen molar-refractivity contribution >= 4 is 5.97 Å². The van der Waals surface area contributed by atoms with Crippen molar-refractivity contribution in [3.8, 4) is 22.6 Å². The van der Waals surface area contributed by atoms with Crippen molar-refractivity contribution < 1.29 is 14.3 Å². The molecule has 2 aromatic rings. The molecular weight excluding hydrogens is 314 g/mol. The monoisotopic (exact) mass is 341 g/mol. The number of aromatic nitrogens is 1. The van der Waals surface area contributed by atoms with E-state index in [0.717, 1.165) is 30.4 Å². The molecule has 0 saturated heterocycles. The summed E-state index contributed by atoms with van der Waals surface area (Å²) in [4.78, 5) is 16.4. The Hall–Kier alpha value is -2.36. The van der Waals surface area contributed by atoms with E-state index in [1.807, 2.05) is 30.3 Å². The van der Waals surface area contributed by atoms with E-state index in [4.69, 9.17) is 9.47 Å². The van der Waals surface area contributed by atoms with E-state index in [9.17, 15) is 4.79 Å². The van der Waals surface area contributed by atoms with Gasteiger partial charge in [0.05, 0.1) is 12.8 Å². The fraction of sp³-hybridized carbons (Fsp3) is 0.429. The highest BCUT2D eigenvalue weighted by molar-refractivity contribution is 5.80. The fourth-order valence-electron chi connectivity index (χ4n) is 2.42. The Balaban J connectivity index is 2.24. The molecule has 1 heterocycles. The first-order chi connectivity index (χ1) is 12.2. The number of benzene rings is 1. The third-order valence-corrected chi connectivity index (χ3v) is 4.15.